The Morgan fingerprint density at radius 2 is 1.88 bits per heavy atom. The first-order chi connectivity index (χ1) is 11.9. The van der Waals surface area contributed by atoms with Crippen LogP contribution in [0.1, 0.15) is 5.56 Å². The van der Waals surface area contributed by atoms with Gasteiger partial charge >= 0.3 is 0 Å². The number of nitrogens with one attached hydrogen (secondary N) is 3. The van der Waals surface area contributed by atoms with E-state index in [2.05, 4.69) is 26.6 Å². The van der Waals surface area contributed by atoms with E-state index in [4.69, 9.17) is 0 Å². The molecular formula is C18H20BrFN3O2+. The first-order valence-electron chi connectivity index (χ1n) is 7.81. The van der Waals surface area contributed by atoms with Gasteiger partial charge in [-0.05, 0) is 40.2 Å². The molecule has 0 heterocycles. The quantitative estimate of drug-likeness (QED) is 0.647. The molecule has 7 heteroatoms. The summed E-state index contributed by atoms with van der Waals surface area (Å²) >= 11 is 3.34. The van der Waals surface area contributed by atoms with Gasteiger partial charge in [-0.15, -0.1) is 0 Å². The first kappa shape index (κ1) is 19.1. The molecule has 0 aliphatic heterocycles. The fourth-order valence-corrected chi connectivity index (χ4v) is 2.71. The lowest BCUT2D eigenvalue weighted by Gasteiger charge is -2.14. The number of halogens is 2. The molecule has 0 aromatic heterocycles. The maximum Gasteiger partial charge on any atom is 0.275 e. The second-order valence-corrected chi connectivity index (χ2v) is 6.60. The Morgan fingerprint density at radius 3 is 2.60 bits per heavy atom. The van der Waals surface area contributed by atoms with E-state index in [1.807, 2.05) is 31.3 Å². The van der Waals surface area contributed by atoms with Crippen LogP contribution in [0.15, 0.2) is 53.0 Å². The highest BCUT2D eigenvalue weighted by Gasteiger charge is 2.12. The number of carbonyl (C=O) groups excluding carboxylic acids is 2. The van der Waals surface area contributed by atoms with Crippen molar-refractivity contribution in [3.8, 4) is 0 Å². The molecule has 0 spiro atoms. The second kappa shape index (κ2) is 9.29. The first-order valence-corrected chi connectivity index (χ1v) is 8.60. The van der Waals surface area contributed by atoms with Gasteiger partial charge in [-0.2, -0.15) is 0 Å². The van der Waals surface area contributed by atoms with Crippen molar-refractivity contribution in [2.75, 3.05) is 25.5 Å². The summed E-state index contributed by atoms with van der Waals surface area (Å²) in [4.78, 5) is 24.7. The lowest BCUT2D eigenvalue weighted by molar-refractivity contribution is -0.885. The van der Waals surface area contributed by atoms with Gasteiger partial charge in [0.1, 0.15) is 12.4 Å². The molecule has 2 rings (SSSR count). The van der Waals surface area contributed by atoms with E-state index in [9.17, 15) is 14.0 Å². The summed E-state index contributed by atoms with van der Waals surface area (Å²) in [7, 11) is 1.84. The number of hydrogen-bond donors (Lipinski definition) is 3. The SMILES string of the molecule is C[NH+](CC(=O)NCC(=O)Nc1ccccc1Br)Cc1cccc(F)c1. The zero-order chi connectivity index (χ0) is 18.2. The van der Waals surface area contributed by atoms with Gasteiger partial charge in [-0.25, -0.2) is 4.39 Å². The van der Waals surface area contributed by atoms with Crippen LogP contribution in [0.4, 0.5) is 10.1 Å². The Hall–Kier alpha value is -2.25. The van der Waals surface area contributed by atoms with Crippen molar-refractivity contribution in [1.29, 1.82) is 0 Å². The smallest absolute Gasteiger partial charge is 0.275 e. The molecule has 0 saturated heterocycles. The fourth-order valence-electron chi connectivity index (χ4n) is 2.33. The minimum atomic E-state index is -0.303. The summed E-state index contributed by atoms with van der Waals surface area (Å²) < 4.78 is 13.9. The molecule has 1 atom stereocenters. The third kappa shape index (κ3) is 6.64. The molecule has 1 unspecified atom stereocenters. The van der Waals surface area contributed by atoms with Crippen LogP contribution in [0.5, 0.6) is 0 Å². The lowest BCUT2D eigenvalue weighted by Crippen LogP contribution is -3.08. The highest BCUT2D eigenvalue weighted by molar-refractivity contribution is 9.10. The largest absolute Gasteiger partial charge is 0.342 e. The number of anilines is 1. The molecule has 2 amide bonds. The van der Waals surface area contributed by atoms with Crippen molar-refractivity contribution in [3.63, 3.8) is 0 Å². The summed E-state index contributed by atoms with van der Waals surface area (Å²) in [6.45, 7) is 0.612. The van der Waals surface area contributed by atoms with Crippen LogP contribution < -0.4 is 15.5 Å². The summed E-state index contributed by atoms with van der Waals surface area (Å²) in [6, 6.07) is 13.5. The van der Waals surface area contributed by atoms with Crippen LogP contribution in [0.2, 0.25) is 0 Å². The maximum atomic E-state index is 13.2. The number of hydrogen-bond acceptors (Lipinski definition) is 2. The van der Waals surface area contributed by atoms with Gasteiger partial charge in [-0.1, -0.05) is 24.3 Å². The van der Waals surface area contributed by atoms with Crippen molar-refractivity contribution in [2.24, 2.45) is 0 Å². The van der Waals surface area contributed by atoms with Gasteiger partial charge in [0.25, 0.3) is 5.91 Å². The van der Waals surface area contributed by atoms with Gasteiger partial charge in [0.15, 0.2) is 6.54 Å². The van der Waals surface area contributed by atoms with Crippen LogP contribution in [0, 0.1) is 5.82 Å². The molecule has 132 valence electrons. The lowest BCUT2D eigenvalue weighted by atomic mass is 10.2. The molecular weight excluding hydrogens is 389 g/mol. The summed E-state index contributed by atoms with van der Waals surface area (Å²) in [5.41, 5.74) is 1.47. The van der Waals surface area contributed by atoms with E-state index in [-0.39, 0.29) is 30.7 Å². The van der Waals surface area contributed by atoms with Gasteiger partial charge in [-0.3, -0.25) is 9.59 Å². The Labute approximate surface area is 154 Å². The number of likely N-dealkylation sites (N-methyl/N-ethyl adjacent to an activating group) is 1. The van der Waals surface area contributed by atoms with Crippen molar-refractivity contribution >= 4 is 33.4 Å². The Bertz CT molecular complexity index is 755. The zero-order valence-electron chi connectivity index (χ0n) is 13.8. The van der Waals surface area contributed by atoms with Crippen molar-refractivity contribution < 1.29 is 18.9 Å². The average molecular weight is 409 g/mol. The number of benzene rings is 2. The van der Waals surface area contributed by atoms with Crippen LogP contribution >= 0.6 is 15.9 Å². The van der Waals surface area contributed by atoms with E-state index in [0.717, 1.165) is 14.9 Å². The van der Waals surface area contributed by atoms with E-state index in [0.29, 0.717) is 12.2 Å². The highest BCUT2D eigenvalue weighted by Crippen LogP contribution is 2.20. The van der Waals surface area contributed by atoms with Crippen molar-refractivity contribution in [2.45, 2.75) is 6.54 Å². The van der Waals surface area contributed by atoms with Gasteiger partial charge in [0.05, 0.1) is 19.3 Å². The minimum absolute atomic E-state index is 0.104. The third-order valence-corrected chi connectivity index (χ3v) is 4.14. The van der Waals surface area contributed by atoms with Crippen LogP contribution in [-0.4, -0.2) is 32.0 Å². The van der Waals surface area contributed by atoms with E-state index in [1.54, 1.807) is 12.1 Å². The van der Waals surface area contributed by atoms with E-state index >= 15 is 0 Å². The standard InChI is InChI=1S/C18H19BrFN3O2/c1-23(11-13-5-4-6-14(20)9-13)12-18(25)21-10-17(24)22-16-8-3-2-7-15(16)19/h2-9H,10-12H2,1H3,(H,21,25)(H,22,24)/p+1. The second-order valence-electron chi connectivity index (χ2n) is 5.75. The molecule has 5 nitrogen and oxygen atoms in total. The highest BCUT2D eigenvalue weighted by atomic mass is 79.9. The Kier molecular flexibility index (Phi) is 7.09. The van der Waals surface area contributed by atoms with E-state index < -0.39 is 0 Å². The molecule has 0 aliphatic carbocycles. The van der Waals surface area contributed by atoms with Crippen LogP contribution in [-0.2, 0) is 16.1 Å². The molecule has 2 aromatic rings. The molecule has 3 N–H and O–H groups in total. The molecule has 0 fully saturated rings. The van der Waals surface area contributed by atoms with Gasteiger partial charge in [0, 0.05) is 10.0 Å². The topological polar surface area (TPSA) is 62.6 Å². The zero-order valence-corrected chi connectivity index (χ0v) is 15.4. The normalized spacial score (nSPS) is 11.6. The molecule has 0 radical (unpaired) electrons. The predicted octanol–water partition coefficient (Wildman–Crippen LogP) is 1.36. The maximum absolute atomic E-state index is 13.2. The number of rotatable bonds is 7. The number of quaternary nitrogens is 1. The van der Waals surface area contributed by atoms with Crippen molar-refractivity contribution in [1.82, 2.24) is 5.32 Å². The average Bonchev–Trinajstić information content (AvgIpc) is 2.55. The van der Waals surface area contributed by atoms with Crippen LogP contribution in [0.3, 0.4) is 0 Å². The number of carbonyl (C=O) groups is 2. The summed E-state index contributed by atoms with van der Waals surface area (Å²) in [5, 5.41) is 5.30. The number of para-hydroxylation sites is 1. The minimum Gasteiger partial charge on any atom is -0.342 e. The molecule has 0 bridgehead atoms. The molecule has 0 saturated carbocycles. The monoisotopic (exact) mass is 408 g/mol. The fraction of sp³-hybridized carbons (Fsp3) is 0.222. The number of amides is 2. The predicted molar refractivity (Wildman–Crippen MR) is 97.6 cm³/mol. The van der Waals surface area contributed by atoms with E-state index in [1.165, 1.54) is 12.1 Å². The molecule has 0 aliphatic rings. The molecule has 25 heavy (non-hydrogen) atoms. The third-order valence-electron chi connectivity index (χ3n) is 3.45. The van der Waals surface area contributed by atoms with Crippen molar-refractivity contribution in [3.05, 3.63) is 64.4 Å². The molecule has 2 aromatic carbocycles. The van der Waals surface area contributed by atoms with Gasteiger partial charge < -0.3 is 15.5 Å². The Morgan fingerprint density at radius 1 is 1.12 bits per heavy atom. The van der Waals surface area contributed by atoms with Crippen LogP contribution in [0.25, 0.3) is 0 Å². The summed E-state index contributed by atoms with van der Waals surface area (Å²) in [5.74, 6) is -0.835. The summed E-state index contributed by atoms with van der Waals surface area (Å²) in [6.07, 6.45) is 0. The Balaban J connectivity index is 1.74. The van der Waals surface area contributed by atoms with Gasteiger partial charge in [0.2, 0.25) is 5.91 Å².